The topological polar surface area (TPSA) is 92.7 Å². The van der Waals surface area contributed by atoms with E-state index in [0.29, 0.717) is 26.1 Å². The largest absolute Gasteiger partial charge is 0.469 e. The normalized spacial score (nSPS) is 41.5. The highest BCUT2D eigenvalue weighted by atomic mass is 16.8. The summed E-state index contributed by atoms with van der Waals surface area (Å²) in [5.74, 6) is -1.43. The molecule has 5 rings (SSSR count). The number of carbonyl (C=O) groups excluding carboxylic acids is 1. The minimum atomic E-state index is -1.14. The molecule has 1 N–H and O–H groups in total. The van der Waals surface area contributed by atoms with E-state index in [1.165, 1.54) is 7.11 Å². The van der Waals surface area contributed by atoms with E-state index < -0.39 is 18.0 Å². The van der Waals surface area contributed by atoms with Crippen LogP contribution in [0.2, 0.25) is 0 Å². The maximum absolute atomic E-state index is 11.6. The van der Waals surface area contributed by atoms with Gasteiger partial charge in [-0.15, -0.1) is 0 Å². The second kappa shape index (κ2) is 8.18. The first-order valence-corrected chi connectivity index (χ1v) is 10.6. The van der Waals surface area contributed by atoms with Crippen LogP contribution in [0.25, 0.3) is 0 Å². The smallest absolute Gasteiger partial charge is 0.308 e. The lowest BCUT2D eigenvalue weighted by Crippen LogP contribution is -2.65. The van der Waals surface area contributed by atoms with Crippen LogP contribution in [0.15, 0.2) is 30.3 Å². The number of ether oxygens (including phenoxy) is 6. The van der Waals surface area contributed by atoms with Crippen LogP contribution in [0.1, 0.15) is 31.2 Å². The number of esters is 1. The van der Waals surface area contributed by atoms with Gasteiger partial charge in [0.1, 0.15) is 30.5 Å². The fourth-order valence-electron chi connectivity index (χ4n) is 5.04. The van der Waals surface area contributed by atoms with Crippen molar-refractivity contribution in [3.63, 3.8) is 0 Å². The zero-order chi connectivity index (χ0) is 20.7. The van der Waals surface area contributed by atoms with Crippen molar-refractivity contribution in [2.75, 3.05) is 13.7 Å². The van der Waals surface area contributed by atoms with Crippen LogP contribution in [0, 0.1) is 0 Å². The molecule has 4 saturated heterocycles. The predicted molar refractivity (Wildman–Crippen MR) is 102 cm³/mol. The molecule has 2 bridgehead atoms. The van der Waals surface area contributed by atoms with Crippen molar-refractivity contribution in [3.8, 4) is 0 Å². The van der Waals surface area contributed by atoms with E-state index >= 15 is 0 Å². The van der Waals surface area contributed by atoms with Gasteiger partial charge >= 0.3 is 5.97 Å². The first kappa shape index (κ1) is 20.4. The highest BCUT2D eigenvalue weighted by molar-refractivity contribution is 5.69. The summed E-state index contributed by atoms with van der Waals surface area (Å²) in [5, 5.41) is 10.9. The number of aliphatic hydroxyl groups is 1. The van der Waals surface area contributed by atoms with E-state index in [0.717, 1.165) is 12.0 Å². The first-order valence-electron chi connectivity index (χ1n) is 10.6. The van der Waals surface area contributed by atoms with Crippen molar-refractivity contribution >= 4 is 5.97 Å². The van der Waals surface area contributed by atoms with Gasteiger partial charge in [-0.2, -0.15) is 0 Å². The zero-order valence-electron chi connectivity index (χ0n) is 17.0. The van der Waals surface area contributed by atoms with E-state index in [4.69, 9.17) is 28.4 Å². The summed E-state index contributed by atoms with van der Waals surface area (Å²) in [7, 11) is 1.38. The van der Waals surface area contributed by atoms with E-state index in [9.17, 15) is 9.90 Å². The van der Waals surface area contributed by atoms with Crippen molar-refractivity contribution in [2.45, 2.75) is 80.8 Å². The van der Waals surface area contributed by atoms with Gasteiger partial charge in [0.05, 0.1) is 39.0 Å². The Hall–Kier alpha value is -1.55. The molecule has 1 aromatic carbocycles. The minimum absolute atomic E-state index is 0.172. The lowest BCUT2D eigenvalue weighted by Gasteiger charge is -2.49. The van der Waals surface area contributed by atoms with Crippen molar-refractivity contribution in [1.29, 1.82) is 0 Å². The summed E-state index contributed by atoms with van der Waals surface area (Å²) < 4.78 is 35.3. The van der Waals surface area contributed by atoms with Crippen LogP contribution in [-0.2, 0) is 39.8 Å². The van der Waals surface area contributed by atoms with Gasteiger partial charge in [0.2, 0.25) is 0 Å². The number of fused-ring (bicyclic) bond motifs is 3. The van der Waals surface area contributed by atoms with Gasteiger partial charge < -0.3 is 33.5 Å². The summed E-state index contributed by atoms with van der Waals surface area (Å²) >= 11 is 0. The SMILES string of the molecule is COC(=O)C[C@H]1CCC2O[C@@H]3[C@H]4OC(CCOCc5ccccc5)(O[C@H]4[C@H]2O1)[C@@H]3O. The molecule has 0 saturated carbocycles. The molecule has 0 radical (unpaired) electrons. The molecule has 8 heteroatoms. The molecule has 4 heterocycles. The Labute approximate surface area is 175 Å². The second-order valence-electron chi connectivity index (χ2n) is 8.43. The number of benzene rings is 1. The van der Waals surface area contributed by atoms with E-state index in [-0.39, 0.29) is 42.9 Å². The fourth-order valence-corrected chi connectivity index (χ4v) is 5.04. The van der Waals surface area contributed by atoms with Gasteiger partial charge in [0.15, 0.2) is 5.79 Å². The Morgan fingerprint density at radius 1 is 1.10 bits per heavy atom. The maximum Gasteiger partial charge on any atom is 0.308 e. The summed E-state index contributed by atoms with van der Waals surface area (Å²) in [6.45, 7) is 0.876. The van der Waals surface area contributed by atoms with Crippen LogP contribution in [-0.4, -0.2) is 73.3 Å². The van der Waals surface area contributed by atoms with Crippen molar-refractivity contribution in [2.24, 2.45) is 0 Å². The summed E-state index contributed by atoms with van der Waals surface area (Å²) in [4.78, 5) is 11.6. The second-order valence-corrected chi connectivity index (χ2v) is 8.43. The molecule has 0 spiro atoms. The lowest BCUT2D eigenvalue weighted by atomic mass is 9.85. The number of methoxy groups -OCH3 is 1. The van der Waals surface area contributed by atoms with Gasteiger partial charge in [-0.1, -0.05) is 30.3 Å². The Kier molecular flexibility index (Phi) is 5.55. The average Bonchev–Trinajstić information content (AvgIpc) is 3.29. The van der Waals surface area contributed by atoms with E-state index in [1.54, 1.807) is 0 Å². The molecule has 164 valence electrons. The maximum atomic E-state index is 11.6. The van der Waals surface area contributed by atoms with Crippen LogP contribution in [0.4, 0.5) is 0 Å². The first-order chi connectivity index (χ1) is 14.6. The molecule has 1 aromatic rings. The highest BCUT2D eigenvalue weighted by Gasteiger charge is 2.70. The van der Waals surface area contributed by atoms with Crippen molar-refractivity contribution in [1.82, 2.24) is 0 Å². The highest BCUT2D eigenvalue weighted by Crippen LogP contribution is 2.52. The molecule has 4 aliphatic rings. The molecule has 2 unspecified atom stereocenters. The van der Waals surface area contributed by atoms with Gasteiger partial charge in [-0.3, -0.25) is 4.79 Å². The predicted octanol–water partition coefficient (Wildman–Crippen LogP) is 1.33. The number of hydrogen-bond donors (Lipinski definition) is 1. The number of aliphatic hydroxyl groups excluding tert-OH is 1. The van der Waals surface area contributed by atoms with Crippen molar-refractivity contribution < 1.29 is 38.3 Å². The molecular formula is C22H28O8. The molecule has 4 fully saturated rings. The third-order valence-electron chi connectivity index (χ3n) is 6.55. The summed E-state index contributed by atoms with van der Waals surface area (Å²) in [5.41, 5.74) is 1.09. The zero-order valence-corrected chi connectivity index (χ0v) is 17.0. The van der Waals surface area contributed by atoms with E-state index in [1.807, 2.05) is 30.3 Å². The third-order valence-corrected chi connectivity index (χ3v) is 6.55. The minimum Gasteiger partial charge on any atom is -0.469 e. The Morgan fingerprint density at radius 2 is 1.87 bits per heavy atom. The Bertz CT molecular complexity index is 757. The molecule has 8 atom stereocenters. The molecule has 0 aromatic heterocycles. The van der Waals surface area contributed by atoms with Gasteiger partial charge in [-0.25, -0.2) is 0 Å². The molecule has 0 amide bonds. The molecule has 8 nitrogen and oxygen atoms in total. The number of carbonyl (C=O) groups is 1. The summed E-state index contributed by atoms with van der Waals surface area (Å²) in [6, 6.07) is 9.92. The average molecular weight is 420 g/mol. The number of hydrogen-bond acceptors (Lipinski definition) is 8. The van der Waals surface area contributed by atoms with Crippen LogP contribution < -0.4 is 0 Å². The van der Waals surface area contributed by atoms with Gasteiger partial charge in [-0.05, 0) is 18.4 Å². The Morgan fingerprint density at radius 3 is 2.63 bits per heavy atom. The van der Waals surface area contributed by atoms with Crippen LogP contribution >= 0.6 is 0 Å². The Balaban J connectivity index is 1.21. The van der Waals surface area contributed by atoms with E-state index in [2.05, 4.69) is 0 Å². The van der Waals surface area contributed by atoms with Gasteiger partial charge in [0.25, 0.3) is 0 Å². The monoisotopic (exact) mass is 420 g/mol. The summed E-state index contributed by atoms with van der Waals surface area (Å²) in [6.07, 6.45) is -0.670. The third kappa shape index (κ3) is 3.55. The lowest BCUT2D eigenvalue weighted by molar-refractivity contribution is -0.301. The molecule has 4 aliphatic heterocycles. The van der Waals surface area contributed by atoms with Crippen molar-refractivity contribution in [3.05, 3.63) is 35.9 Å². The van der Waals surface area contributed by atoms with Crippen LogP contribution in [0.3, 0.4) is 0 Å². The molecule has 30 heavy (non-hydrogen) atoms. The fraction of sp³-hybridized carbons (Fsp3) is 0.682. The number of rotatable bonds is 7. The van der Waals surface area contributed by atoms with Crippen LogP contribution in [0.5, 0.6) is 0 Å². The quantitative estimate of drug-likeness (QED) is 0.522. The molecular weight excluding hydrogens is 392 g/mol. The van der Waals surface area contributed by atoms with Gasteiger partial charge in [0, 0.05) is 6.42 Å². The standard InChI is InChI=1S/C22H28O8/c1-25-16(23)11-14-7-8-15-17(27-14)18-19-20(28-15)21(24)22(29-18,30-19)9-10-26-12-13-5-3-2-4-6-13/h2-6,14-15,17-21,24H,7-12H2,1H3/t14-,15?,17+,18+,19+,20-,21-,22?/m1/s1. The molecule has 0 aliphatic carbocycles.